The normalized spacial score (nSPS) is 10.5. The van der Waals surface area contributed by atoms with Crippen LogP contribution < -0.4 is 5.32 Å². The number of nitrogens with zero attached hydrogens (tertiary/aromatic N) is 2. The van der Waals surface area contributed by atoms with E-state index in [9.17, 15) is 10.1 Å². The fraction of sp³-hybridized carbons (Fsp3) is 0.545. The van der Waals surface area contributed by atoms with E-state index in [2.05, 4.69) is 17.2 Å². The first kappa shape index (κ1) is 12.4. The van der Waals surface area contributed by atoms with Gasteiger partial charge in [-0.25, -0.2) is 4.98 Å². The van der Waals surface area contributed by atoms with E-state index < -0.39 is 0 Å². The molecule has 5 nitrogen and oxygen atoms in total. The molecule has 0 aliphatic heterocycles. The Morgan fingerprint density at radius 3 is 2.69 bits per heavy atom. The SMILES string of the molecule is CCCNc1ccc([N+](=O)[O-])c(C(C)C)n1. The molecule has 0 saturated heterocycles. The minimum Gasteiger partial charge on any atom is -0.370 e. The zero-order chi connectivity index (χ0) is 12.1. The summed E-state index contributed by atoms with van der Waals surface area (Å²) in [7, 11) is 0. The average molecular weight is 223 g/mol. The van der Waals surface area contributed by atoms with Crippen molar-refractivity contribution in [3.8, 4) is 0 Å². The van der Waals surface area contributed by atoms with Gasteiger partial charge in [0.2, 0.25) is 0 Å². The van der Waals surface area contributed by atoms with Crippen molar-refractivity contribution in [1.29, 1.82) is 0 Å². The number of pyridine rings is 1. The third-order valence-electron chi connectivity index (χ3n) is 2.20. The molecule has 0 atom stereocenters. The Hall–Kier alpha value is -1.65. The van der Waals surface area contributed by atoms with Crippen molar-refractivity contribution < 1.29 is 4.92 Å². The van der Waals surface area contributed by atoms with Crippen LogP contribution in [0.2, 0.25) is 0 Å². The summed E-state index contributed by atoms with van der Waals surface area (Å²) in [5.41, 5.74) is 0.628. The predicted octanol–water partition coefficient (Wildman–Crippen LogP) is 2.94. The van der Waals surface area contributed by atoms with Gasteiger partial charge in [0.25, 0.3) is 5.69 Å². The Morgan fingerprint density at radius 1 is 1.50 bits per heavy atom. The summed E-state index contributed by atoms with van der Waals surface area (Å²) in [4.78, 5) is 14.7. The lowest BCUT2D eigenvalue weighted by Crippen LogP contribution is -2.06. The maximum absolute atomic E-state index is 10.8. The van der Waals surface area contributed by atoms with Crippen LogP contribution in [0.1, 0.15) is 38.8 Å². The monoisotopic (exact) mass is 223 g/mol. The average Bonchev–Trinajstić information content (AvgIpc) is 2.25. The molecular weight excluding hydrogens is 206 g/mol. The fourth-order valence-electron chi connectivity index (χ4n) is 1.40. The van der Waals surface area contributed by atoms with E-state index >= 15 is 0 Å². The highest BCUT2D eigenvalue weighted by atomic mass is 16.6. The van der Waals surface area contributed by atoms with E-state index in [-0.39, 0.29) is 16.5 Å². The number of hydrogen-bond acceptors (Lipinski definition) is 4. The van der Waals surface area contributed by atoms with Gasteiger partial charge in [-0.3, -0.25) is 10.1 Å². The highest BCUT2D eigenvalue weighted by molar-refractivity contribution is 5.46. The Morgan fingerprint density at radius 2 is 2.19 bits per heavy atom. The Labute approximate surface area is 95.0 Å². The quantitative estimate of drug-likeness (QED) is 0.615. The largest absolute Gasteiger partial charge is 0.370 e. The van der Waals surface area contributed by atoms with Crippen LogP contribution in [0.4, 0.5) is 11.5 Å². The second kappa shape index (κ2) is 5.44. The van der Waals surface area contributed by atoms with Crippen molar-refractivity contribution in [2.75, 3.05) is 11.9 Å². The van der Waals surface area contributed by atoms with Gasteiger partial charge < -0.3 is 5.32 Å². The van der Waals surface area contributed by atoms with Crippen LogP contribution in [-0.4, -0.2) is 16.5 Å². The molecule has 0 fully saturated rings. The van der Waals surface area contributed by atoms with E-state index in [1.807, 2.05) is 13.8 Å². The molecule has 5 heteroatoms. The van der Waals surface area contributed by atoms with Gasteiger partial charge in [0.1, 0.15) is 11.5 Å². The lowest BCUT2D eigenvalue weighted by Gasteiger charge is -2.09. The number of nitrogens with one attached hydrogen (secondary N) is 1. The predicted molar refractivity (Wildman–Crippen MR) is 63.8 cm³/mol. The lowest BCUT2D eigenvalue weighted by molar-refractivity contribution is -0.386. The third kappa shape index (κ3) is 2.92. The van der Waals surface area contributed by atoms with Crippen molar-refractivity contribution in [3.63, 3.8) is 0 Å². The second-order valence-corrected chi connectivity index (χ2v) is 3.94. The zero-order valence-corrected chi connectivity index (χ0v) is 9.86. The molecule has 0 aromatic carbocycles. The Kier molecular flexibility index (Phi) is 4.22. The maximum atomic E-state index is 10.8. The van der Waals surface area contributed by atoms with Gasteiger partial charge in [-0.15, -0.1) is 0 Å². The molecule has 16 heavy (non-hydrogen) atoms. The van der Waals surface area contributed by atoms with Crippen LogP contribution in [0.3, 0.4) is 0 Å². The van der Waals surface area contributed by atoms with Gasteiger partial charge in [0, 0.05) is 18.5 Å². The van der Waals surface area contributed by atoms with Gasteiger partial charge in [0.15, 0.2) is 0 Å². The van der Waals surface area contributed by atoms with Gasteiger partial charge in [-0.2, -0.15) is 0 Å². The second-order valence-electron chi connectivity index (χ2n) is 3.94. The maximum Gasteiger partial charge on any atom is 0.291 e. The summed E-state index contributed by atoms with van der Waals surface area (Å²) in [6, 6.07) is 3.17. The van der Waals surface area contributed by atoms with E-state index in [1.165, 1.54) is 6.07 Å². The van der Waals surface area contributed by atoms with Crippen LogP contribution >= 0.6 is 0 Å². The number of hydrogen-bond donors (Lipinski definition) is 1. The van der Waals surface area contributed by atoms with Crippen LogP contribution in [0, 0.1) is 10.1 Å². The summed E-state index contributed by atoms with van der Waals surface area (Å²) < 4.78 is 0. The Bertz CT molecular complexity index is 377. The molecule has 0 spiro atoms. The van der Waals surface area contributed by atoms with Crippen molar-refractivity contribution in [3.05, 3.63) is 27.9 Å². The lowest BCUT2D eigenvalue weighted by atomic mass is 10.1. The molecule has 1 N–H and O–H groups in total. The van der Waals surface area contributed by atoms with Crippen LogP contribution in [0.25, 0.3) is 0 Å². The molecule has 1 heterocycles. The summed E-state index contributed by atoms with van der Waals surface area (Å²) in [5.74, 6) is 0.750. The van der Waals surface area contributed by atoms with Crippen LogP contribution in [0.15, 0.2) is 12.1 Å². The molecule has 0 unspecified atom stereocenters. The highest BCUT2D eigenvalue weighted by Crippen LogP contribution is 2.25. The molecule has 0 aliphatic rings. The fourth-order valence-corrected chi connectivity index (χ4v) is 1.40. The smallest absolute Gasteiger partial charge is 0.291 e. The molecular formula is C11H17N3O2. The number of aromatic nitrogens is 1. The van der Waals surface area contributed by atoms with Gasteiger partial charge in [-0.1, -0.05) is 20.8 Å². The molecule has 1 aromatic rings. The summed E-state index contributed by atoms with van der Waals surface area (Å²) >= 11 is 0. The Balaban J connectivity index is 3.02. The highest BCUT2D eigenvalue weighted by Gasteiger charge is 2.18. The first-order chi connectivity index (χ1) is 7.56. The first-order valence-corrected chi connectivity index (χ1v) is 5.45. The van der Waals surface area contributed by atoms with Crippen molar-refractivity contribution in [2.24, 2.45) is 0 Å². The third-order valence-corrected chi connectivity index (χ3v) is 2.20. The molecule has 0 radical (unpaired) electrons. The molecule has 0 amide bonds. The van der Waals surface area contributed by atoms with Crippen molar-refractivity contribution in [2.45, 2.75) is 33.1 Å². The number of nitro groups is 1. The minimum atomic E-state index is -0.383. The molecule has 0 saturated carbocycles. The molecule has 88 valence electrons. The van der Waals surface area contributed by atoms with Crippen molar-refractivity contribution in [1.82, 2.24) is 4.98 Å². The topological polar surface area (TPSA) is 68.1 Å². The van der Waals surface area contributed by atoms with Crippen LogP contribution in [0.5, 0.6) is 0 Å². The van der Waals surface area contributed by atoms with E-state index in [0.717, 1.165) is 13.0 Å². The minimum absolute atomic E-state index is 0.0452. The van der Waals surface area contributed by atoms with Gasteiger partial charge in [0.05, 0.1) is 4.92 Å². The first-order valence-electron chi connectivity index (χ1n) is 5.45. The van der Waals surface area contributed by atoms with Crippen LogP contribution in [-0.2, 0) is 0 Å². The van der Waals surface area contributed by atoms with Gasteiger partial charge >= 0.3 is 0 Å². The molecule has 0 bridgehead atoms. The summed E-state index contributed by atoms with van der Waals surface area (Å²) in [5, 5.41) is 13.9. The van der Waals surface area contributed by atoms with Crippen molar-refractivity contribution >= 4 is 11.5 Å². The van der Waals surface area contributed by atoms with E-state index in [1.54, 1.807) is 6.07 Å². The molecule has 1 rings (SSSR count). The standard InChI is InChI=1S/C11H17N3O2/c1-4-7-12-10-6-5-9(14(15)16)11(13-10)8(2)3/h5-6,8H,4,7H2,1-3H3,(H,12,13). The summed E-state index contributed by atoms with van der Waals surface area (Å²) in [6.45, 7) is 6.68. The van der Waals surface area contributed by atoms with E-state index in [0.29, 0.717) is 11.5 Å². The molecule has 1 aromatic heterocycles. The summed E-state index contributed by atoms with van der Waals surface area (Å²) in [6.07, 6.45) is 0.996. The van der Waals surface area contributed by atoms with E-state index in [4.69, 9.17) is 0 Å². The zero-order valence-electron chi connectivity index (χ0n) is 9.86. The van der Waals surface area contributed by atoms with Gasteiger partial charge in [-0.05, 0) is 12.5 Å². The molecule has 0 aliphatic carbocycles. The number of anilines is 1. The number of rotatable bonds is 5.